The van der Waals surface area contributed by atoms with E-state index in [1.807, 2.05) is 0 Å². The van der Waals surface area contributed by atoms with Gasteiger partial charge in [-0.2, -0.15) is 0 Å². The summed E-state index contributed by atoms with van der Waals surface area (Å²) in [6.45, 7) is 5.84. The normalized spacial score (nSPS) is 28.8. The first-order valence-corrected chi connectivity index (χ1v) is 6.64. The number of likely N-dealkylation sites (N-methyl/N-ethyl adjacent to an activating group) is 1. The lowest BCUT2D eigenvalue weighted by Gasteiger charge is -2.26. The van der Waals surface area contributed by atoms with Gasteiger partial charge >= 0.3 is 12.0 Å². The quantitative estimate of drug-likeness (QED) is 0.807. The molecule has 0 saturated heterocycles. The molecule has 5 nitrogen and oxygen atoms in total. The van der Waals surface area contributed by atoms with E-state index in [4.69, 9.17) is 5.11 Å². The van der Waals surface area contributed by atoms with Gasteiger partial charge in [0.15, 0.2) is 0 Å². The Labute approximate surface area is 109 Å². The molecule has 0 spiro atoms. The number of carboxylic acid groups (broad SMARTS) is 1. The van der Waals surface area contributed by atoms with Gasteiger partial charge in [0.05, 0.1) is 0 Å². The third-order valence-electron chi connectivity index (χ3n) is 4.32. The molecule has 1 aliphatic rings. The van der Waals surface area contributed by atoms with E-state index in [1.165, 1.54) is 18.9 Å². The molecule has 2 N–H and O–H groups in total. The molecule has 104 valence electrons. The second-order valence-electron chi connectivity index (χ2n) is 5.29. The summed E-state index contributed by atoms with van der Waals surface area (Å²) in [5, 5.41) is 11.8. The molecule has 4 atom stereocenters. The van der Waals surface area contributed by atoms with Gasteiger partial charge in [-0.3, -0.25) is 0 Å². The van der Waals surface area contributed by atoms with Gasteiger partial charge in [0.2, 0.25) is 0 Å². The monoisotopic (exact) mass is 256 g/mol. The number of amides is 2. The van der Waals surface area contributed by atoms with E-state index in [-0.39, 0.29) is 12.1 Å². The number of carbonyl (C=O) groups excluding carboxylic acids is 1. The van der Waals surface area contributed by atoms with Crippen molar-refractivity contribution in [3.63, 3.8) is 0 Å². The minimum absolute atomic E-state index is 0.172. The SMILES string of the molecule is CCC1CCC(NC(=O)N(C)C(C)C(=O)O)C1C. The number of hydrogen-bond donors (Lipinski definition) is 2. The van der Waals surface area contributed by atoms with Gasteiger partial charge in [0, 0.05) is 13.1 Å². The summed E-state index contributed by atoms with van der Waals surface area (Å²) in [7, 11) is 1.52. The van der Waals surface area contributed by atoms with E-state index < -0.39 is 12.0 Å². The van der Waals surface area contributed by atoms with Crippen molar-refractivity contribution >= 4 is 12.0 Å². The maximum atomic E-state index is 11.9. The lowest BCUT2D eigenvalue weighted by Crippen LogP contribution is -2.49. The summed E-state index contributed by atoms with van der Waals surface area (Å²) in [6.07, 6.45) is 3.26. The van der Waals surface area contributed by atoms with Crippen LogP contribution in [0.25, 0.3) is 0 Å². The third-order valence-corrected chi connectivity index (χ3v) is 4.32. The summed E-state index contributed by atoms with van der Waals surface area (Å²) in [6, 6.07) is -0.923. The van der Waals surface area contributed by atoms with Crippen LogP contribution in [0.15, 0.2) is 0 Å². The van der Waals surface area contributed by atoms with Crippen LogP contribution in [0.5, 0.6) is 0 Å². The van der Waals surface area contributed by atoms with Crippen LogP contribution in [-0.2, 0) is 4.79 Å². The van der Waals surface area contributed by atoms with E-state index in [2.05, 4.69) is 19.2 Å². The molecule has 1 rings (SSSR count). The first-order chi connectivity index (χ1) is 8.38. The van der Waals surface area contributed by atoms with E-state index in [9.17, 15) is 9.59 Å². The Morgan fingerprint density at radius 3 is 2.50 bits per heavy atom. The largest absolute Gasteiger partial charge is 0.480 e. The minimum Gasteiger partial charge on any atom is -0.480 e. The van der Waals surface area contributed by atoms with Gasteiger partial charge in [-0.05, 0) is 31.6 Å². The predicted octanol–water partition coefficient (Wildman–Crippen LogP) is 1.93. The highest BCUT2D eigenvalue weighted by Gasteiger charge is 2.33. The molecule has 0 radical (unpaired) electrons. The van der Waals surface area contributed by atoms with Crippen LogP contribution in [0, 0.1) is 11.8 Å². The molecular formula is C13H24N2O3. The van der Waals surface area contributed by atoms with Crippen molar-refractivity contribution < 1.29 is 14.7 Å². The molecule has 5 heteroatoms. The molecule has 0 aromatic heterocycles. The highest BCUT2D eigenvalue weighted by Crippen LogP contribution is 2.33. The number of nitrogens with zero attached hydrogens (tertiary/aromatic N) is 1. The minimum atomic E-state index is -0.987. The van der Waals surface area contributed by atoms with E-state index >= 15 is 0 Å². The first-order valence-electron chi connectivity index (χ1n) is 6.64. The third kappa shape index (κ3) is 3.15. The van der Waals surface area contributed by atoms with Crippen LogP contribution in [0.2, 0.25) is 0 Å². The van der Waals surface area contributed by atoms with Crippen molar-refractivity contribution in [1.29, 1.82) is 0 Å². The fourth-order valence-corrected chi connectivity index (χ4v) is 2.63. The molecule has 0 aliphatic heterocycles. The highest BCUT2D eigenvalue weighted by molar-refractivity contribution is 5.82. The molecule has 0 heterocycles. The average Bonchev–Trinajstić information content (AvgIpc) is 2.68. The molecule has 0 aromatic carbocycles. The smallest absolute Gasteiger partial charge is 0.326 e. The number of carbonyl (C=O) groups is 2. The van der Waals surface area contributed by atoms with Crippen molar-refractivity contribution in [3.8, 4) is 0 Å². The molecule has 1 saturated carbocycles. The fourth-order valence-electron chi connectivity index (χ4n) is 2.63. The zero-order chi connectivity index (χ0) is 13.9. The van der Waals surface area contributed by atoms with Crippen molar-refractivity contribution in [3.05, 3.63) is 0 Å². The van der Waals surface area contributed by atoms with E-state index in [0.717, 1.165) is 19.3 Å². The summed E-state index contributed by atoms with van der Waals surface area (Å²) in [5.41, 5.74) is 0. The standard InChI is InChI=1S/C13H24N2O3/c1-5-10-6-7-11(8(10)2)14-13(18)15(4)9(3)12(16)17/h8-11H,5-7H2,1-4H3,(H,14,18)(H,16,17). The Morgan fingerprint density at radius 1 is 1.44 bits per heavy atom. The Bertz CT molecular complexity index is 319. The predicted molar refractivity (Wildman–Crippen MR) is 69.4 cm³/mol. The molecule has 2 amide bonds. The molecule has 0 aromatic rings. The lowest BCUT2D eigenvalue weighted by atomic mass is 9.93. The molecule has 1 fully saturated rings. The van der Waals surface area contributed by atoms with Crippen molar-refractivity contribution in [1.82, 2.24) is 10.2 Å². The van der Waals surface area contributed by atoms with Gasteiger partial charge in [0.25, 0.3) is 0 Å². The summed E-state index contributed by atoms with van der Waals surface area (Å²) in [4.78, 5) is 24.0. The van der Waals surface area contributed by atoms with Crippen LogP contribution in [0.4, 0.5) is 4.79 Å². The van der Waals surface area contributed by atoms with Crippen molar-refractivity contribution in [2.24, 2.45) is 11.8 Å². The van der Waals surface area contributed by atoms with E-state index in [0.29, 0.717) is 11.8 Å². The summed E-state index contributed by atoms with van der Waals surface area (Å²) < 4.78 is 0. The number of hydrogen-bond acceptors (Lipinski definition) is 2. The maximum absolute atomic E-state index is 11.9. The Hall–Kier alpha value is -1.26. The molecular weight excluding hydrogens is 232 g/mol. The highest BCUT2D eigenvalue weighted by atomic mass is 16.4. The zero-order valence-electron chi connectivity index (χ0n) is 11.6. The molecule has 1 aliphatic carbocycles. The summed E-state index contributed by atoms with van der Waals surface area (Å²) in [5.74, 6) is 0.142. The van der Waals surface area contributed by atoms with Crippen LogP contribution < -0.4 is 5.32 Å². The summed E-state index contributed by atoms with van der Waals surface area (Å²) >= 11 is 0. The Morgan fingerprint density at radius 2 is 2.06 bits per heavy atom. The topological polar surface area (TPSA) is 69.6 Å². The van der Waals surface area contributed by atoms with Crippen LogP contribution >= 0.6 is 0 Å². The van der Waals surface area contributed by atoms with Gasteiger partial charge < -0.3 is 15.3 Å². The number of nitrogens with one attached hydrogen (secondary N) is 1. The first kappa shape index (κ1) is 14.8. The maximum Gasteiger partial charge on any atom is 0.326 e. The zero-order valence-corrected chi connectivity index (χ0v) is 11.6. The number of rotatable bonds is 4. The Balaban J connectivity index is 2.53. The fraction of sp³-hybridized carbons (Fsp3) is 0.846. The van der Waals surface area contributed by atoms with Gasteiger partial charge in [0.1, 0.15) is 6.04 Å². The second kappa shape index (κ2) is 6.07. The van der Waals surface area contributed by atoms with Gasteiger partial charge in [-0.25, -0.2) is 9.59 Å². The van der Waals surface area contributed by atoms with Crippen LogP contribution in [-0.4, -0.2) is 41.1 Å². The van der Waals surface area contributed by atoms with Gasteiger partial charge in [-0.1, -0.05) is 20.3 Å². The lowest BCUT2D eigenvalue weighted by molar-refractivity contribution is -0.141. The molecule has 4 unspecified atom stereocenters. The second-order valence-corrected chi connectivity index (χ2v) is 5.29. The molecule has 0 bridgehead atoms. The number of carboxylic acids is 1. The van der Waals surface area contributed by atoms with Crippen molar-refractivity contribution in [2.75, 3.05) is 7.05 Å². The van der Waals surface area contributed by atoms with E-state index in [1.54, 1.807) is 0 Å². The van der Waals surface area contributed by atoms with Crippen LogP contribution in [0.1, 0.15) is 40.0 Å². The van der Waals surface area contributed by atoms with Crippen LogP contribution in [0.3, 0.4) is 0 Å². The molecule has 18 heavy (non-hydrogen) atoms. The Kier molecular flexibility index (Phi) is 4.99. The number of aliphatic carboxylic acids is 1. The van der Waals surface area contributed by atoms with Gasteiger partial charge in [-0.15, -0.1) is 0 Å². The average molecular weight is 256 g/mol. The van der Waals surface area contributed by atoms with Crippen molar-refractivity contribution in [2.45, 2.75) is 52.1 Å². The number of urea groups is 1.